The van der Waals surface area contributed by atoms with Gasteiger partial charge in [-0.05, 0) is 78.5 Å². The SMILES string of the molecule is CCCC(N)CCc1ccc(OCc2ccccc2)cc1CC(=O)N(CCCCCCOCCc1ccccc1)Cc1ccccc1. The molecular weight excluding hydrogens is 580 g/mol. The number of ether oxygens (including phenoxy) is 2. The number of carbonyl (C=O) groups excluding carboxylic acids is 1. The monoisotopic (exact) mass is 634 g/mol. The summed E-state index contributed by atoms with van der Waals surface area (Å²) in [6.07, 6.45) is 9.34. The highest BCUT2D eigenvalue weighted by Crippen LogP contribution is 2.23. The molecule has 4 aromatic carbocycles. The fourth-order valence-corrected chi connectivity index (χ4v) is 5.87. The van der Waals surface area contributed by atoms with Gasteiger partial charge in [0, 0.05) is 25.7 Å². The molecule has 1 amide bonds. The van der Waals surface area contributed by atoms with Gasteiger partial charge in [0.05, 0.1) is 13.0 Å². The van der Waals surface area contributed by atoms with Crippen molar-refractivity contribution in [1.29, 1.82) is 0 Å². The van der Waals surface area contributed by atoms with Crippen molar-refractivity contribution >= 4 is 5.91 Å². The standard InChI is InChI=1S/C42H54N2O3/c1-2-16-40(43)25-23-38-24-26-41(47-34-37-21-12-7-13-22-37)31-39(38)32-42(45)44(33-36-19-10-6-11-20-36)28-14-3-4-15-29-46-30-27-35-17-8-5-9-18-35/h5-13,17-22,24,26,31,40H,2-4,14-16,23,25,27-30,32-34,43H2,1H3. The quantitative estimate of drug-likeness (QED) is 0.0879. The summed E-state index contributed by atoms with van der Waals surface area (Å²) in [5, 5.41) is 0. The number of rotatable bonds is 22. The highest BCUT2D eigenvalue weighted by Gasteiger charge is 2.18. The van der Waals surface area contributed by atoms with Crippen LogP contribution in [0.2, 0.25) is 0 Å². The van der Waals surface area contributed by atoms with Crippen molar-refractivity contribution in [3.05, 3.63) is 137 Å². The first kappa shape index (κ1) is 35.9. The smallest absolute Gasteiger partial charge is 0.227 e. The maximum Gasteiger partial charge on any atom is 0.227 e. The molecule has 5 heteroatoms. The third kappa shape index (κ3) is 13.8. The molecule has 47 heavy (non-hydrogen) atoms. The van der Waals surface area contributed by atoms with Gasteiger partial charge in [0.2, 0.25) is 5.91 Å². The van der Waals surface area contributed by atoms with Gasteiger partial charge in [0.25, 0.3) is 0 Å². The lowest BCUT2D eigenvalue weighted by molar-refractivity contribution is -0.131. The van der Waals surface area contributed by atoms with Gasteiger partial charge in [-0.1, -0.05) is 123 Å². The minimum Gasteiger partial charge on any atom is -0.489 e. The van der Waals surface area contributed by atoms with Crippen LogP contribution in [0.4, 0.5) is 0 Å². The van der Waals surface area contributed by atoms with Crippen LogP contribution < -0.4 is 10.5 Å². The molecule has 0 saturated carbocycles. The highest BCUT2D eigenvalue weighted by atomic mass is 16.5. The number of benzene rings is 4. The van der Waals surface area contributed by atoms with Gasteiger partial charge in [0.1, 0.15) is 12.4 Å². The topological polar surface area (TPSA) is 64.8 Å². The molecule has 0 aromatic heterocycles. The maximum atomic E-state index is 14.0. The number of amides is 1. The molecule has 0 radical (unpaired) electrons. The average Bonchev–Trinajstić information content (AvgIpc) is 3.10. The van der Waals surface area contributed by atoms with E-state index in [-0.39, 0.29) is 11.9 Å². The minimum absolute atomic E-state index is 0.150. The molecule has 250 valence electrons. The van der Waals surface area contributed by atoms with E-state index in [1.54, 1.807) is 0 Å². The van der Waals surface area contributed by atoms with Gasteiger partial charge >= 0.3 is 0 Å². The zero-order chi connectivity index (χ0) is 32.9. The fraction of sp³-hybridized carbons (Fsp3) is 0.405. The van der Waals surface area contributed by atoms with E-state index in [4.69, 9.17) is 15.2 Å². The maximum absolute atomic E-state index is 14.0. The molecule has 0 fully saturated rings. The Morgan fingerprint density at radius 2 is 1.36 bits per heavy atom. The van der Waals surface area contributed by atoms with Crippen LogP contribution in [0.3, 0.4) is 0 Å². The fourth-order valence-electron chi connectivity index (χ4n) is 5.87. The van der Waals surface area contributed by atoms with Gasteiger partial charge in [-0.25, -0.2) is 0 Å². The van der Waals surface area contributed by atoms with Gasteiger partial charge in [0.15, 0.2) is 0 Å². The molecule has 4 aromatic rings. The Balaban J connectivity index is 1.34. The van der Waals surface area contributed by atoms with E-state index in [1.165, 1.54) is 11.1 Å². The molecule has 0 bridgehead atoms. The predicted octanol–water partition coefficient (Wildman–Crippen LogP) is 8.72. The third-order valence-electron chi connectivity index (χ3n) is 8.63. The lowest BCUT2D eigenvalue weighted by Crippen LogP contribution is -2.33. The van der Waals surface area contributed by atoms with Crippen molar-refractivity contribution in [1.82, 2.24) is 4.90 Å². The first-order chi connectivity index (χ1) is 23.1. The van der Waals surface area contributed by atoms with Crippen LogP contribution >= 0.6 is 0 Å². The first-order valence-corrected chi connectivity index (χ1v) is 17.6. The molecule has 0 heterocycles. The zero-order valence-electron chi connectivity index (χ0n) is 28.3. The summed E-state index contributed by atoms with van der Waals surface area (Å²) in [4.78, 5) is 16.0. The van der Waals surface area contributed by atoms with Crippen molar-refractivity contribution in [3.8, 4) is 5.75 Å². The van der Waals surface area contributed by atoms with Crippen LogP contribution in [0.25, 0.3) is 0 Å². The normalized spacial score (nSPS) is 11.7. The van der Waals surface area contributed by atoms with Gasteiger partial charge in [-0.2, -0.15) is 0 Å². The lowest BCUT2D eigenvalue weighted by Gasteiger charge is -2.24. The number of carbonyl (C=O) groups is 1. The Hall–Kier alpha value is -3.93. The summed E-state index contributed by atoms with van der Waals surface area (Å²) in [5.74, 6) is 0.941. The van der Waals surface area contributed by atoms with E-state index >= 15 is 0 Å². The molecule has 1 atom stereocenters. The summed E-state index contributed by atoms with van der Waals surface area (Å²) in [6.45, 7) is 5.56. The molecule has 0 aliphatic carbocycles. The van der Waals surface area contributed by atoms with Gasteiger partial charge < -0.3 is 20.1 Å². The predicted molar refractivity (Wildman–Crippen MR) is 193 cm³/mol. The van der Waals surface area contributed by atoms with E-state index < -0.39 is 0 Å². The number of hydrogen-bond acceptors (Lipinski definition) is 4. The molecule has 0 saturated heterocycles. The van der Waals surface area contributed by atoms with E-state index in [0.717, 1.165) is 100.0 Å². The molecule has 0 spiro atoms. The Bertz CT molecular complexity index is 1410. The van der Waals surface area contributed by atoms with Crippen LogP contribution in [-0.4, -0.2) is 36.6 Å². The van der Waals surface area contributed by atoms with E-state index in [9.17, 15) is 4.79 Å². The first-order valence-electron chi connectivity index (χ1n) is 17.6. The van der Waals surface area contributed by atoms with Crippen molar-refractivity contribution in [3.63, 3.8) is 0 Å². The summed E-state index contributed by atoms with van der Waals surface area (Å²) in [5.41, 5.74) is 12.2. The molecule has 2 N–H and O–H groups in total. The Morgan fingerprint density at radius 3 is 2.06 bits per heavy atom. The van der Waals surface area contributed by atoms with Gasteiger partial charge in [-0.3, -0.25) is 4.79 Å². The van der Waals surface area contributed by atoms with Crippen molar-refractivity contribution in [2.75, 3.05) is 19.8 Å². The van der Waals surface area contributed by atoms with E-state index in [0.29, 0.717) is 19.6 Å². The van der Waals surface area contributed by atoms with Crippen molar-refractivity contribution in [2.45, 2.75) is 90.3 Å². The van der Waals surface area contributed by atoms with Crippen LogP contribution in [0.1, 0.15) is 79.7 Å². The van der Waals surface area contributed by atoms with Gasteiger partial charge in [-0.15, -0.1) is 0 Å². The van der Waals surface area contributed by atoms with Crippen LogP contribution in [-0.2, 0) is 41.9 Å². The molecular formula is C42H54N2O3. The minimum atomic E-state index is 0.150. The van der Waals surface area contributed by atoms with Crippen LogP contribution in [0.5, 0.6) is 5.75 Å². The molecule has 0 aliphatic rings. The number of nitrogens with two attached hydrogens (primary N) is 1. The average molecular weight is 635 g/mol. The molecule has 0 aliphatic heterocycles. The summed E-state index contributed by atoms with van der Waals surface area (Å²) in [7, 11) is 0. The van der Waals surface area contributed by atoms with Crippen molar-refractivity contribution < 1.29 is 14.3 Å². The largest absolute Gasteiger partial charge is 0.489 e. The van der Waals surface area contributed by atoms with E-state index in [1.807, 2.05) is 53.4 Å². The molecule has 1 unspecified atom stereocenters. The number of hydrogen-bond donors (Lipinski definition) is 1. The second kappa shape index (κ2) is 21.0. The Morgan fingerprint density at radius 1 is 0.702 bits per heavy atom. The second-order valence-corrected chi connectivity index (χ2v) is 12.5. The molecule has 4 rings (SSSR count). The summed E-state index contributed by atoms with van der Waals surface area (Å²) in [6, 6.07) is 37.4. The van der Waals surface area contributed by atoms with Crippen LogP contribution in [0.15, 0.2) is 109 Å². The lowest BCUT2D eigenvalue weighted by atomic mass is 9.96. The number of aryl methyl sites for hydroxylation is 1. The Labute approximate surface area is 283 Å². The summed E-state index contributed by atoms with van der Waals surface area (Å²) >= 11 is 0. The molecule has 5 nitrogen and oxygen atoms in total. The van der Waals surface area contributed by atoms with Crippen LogP contribution in [0, 0.1) is 0 Å². The number of nitrogens with zero attached hydrogens (tertiary/aromatic N) is 1. The van der Waals surface area contributed by atoms with E-state index in [2.05, 4.69) is 67.6 Å². The number of unbranched alkanes of at least 4 members (excludes halogenated alkanes) is 3. The highest BCUT2D eigenvalue weighted by molar-refractivity contribution is 5.79. The summed E-state index contributed by atoms with van der Waals surface area (Å²) < 4.78 is 12.1. The Kier molecular flexibility index (Phi) is 16.1. The zero-order valence-corrected chi connectivity index (χ0v) is 28.3. The van der Waals surface area contributed by atoms with Crippen molar-refractivity contribution in [2.24, 2.45) is 5.73 Å². The third-order valence-corrected chi connectivity index (χ3v) is 8.63. The second-order valence-electron chi connectivity index (χ2n) is 12.5.